The minimum absolute atomic E-state index is 0.0488. The topological polar surface area (TPSA) is 105 Å². The Morgan fingerprint density at radius 3 is 2.60 bits per heavy atom. The molecule has 1 aromatic carbocycles. The highest BCUT2D eigenvalue weighted by Gasteiger charge is 2.27. The number of sulfonamides is 1. The zero-order valence-electron chi connectivity index (χ0n) is 14.3. The summed E-state index contributed by atoms with van der Waals surface area (Å²) in [7, 11) is -3.68. The molecule has 0 aromatic heterocycles. The molecule has 0 unspecified atom stereocenters. The summed E-state index contributed by atoms with van der Waals surface area (Å²) >= 11 is 0. The summed E-state index contributed by atoms with van der Waals surface area (Å²) in [4.78, 5) is 24.1. The Bertz CT molecular complexity index is 729. The van der Waals surface area contributed by atoms with E-state index in [1.54, 1.807) is 13.8 Å². The van der Waals surface area contributed by atoms with Crippen molar-refractivity contribution in [3.8, 4) is 0 Å². The van der Waals surface area contributed by atoms with Crippen molar-refractivity contribution >= 4 is 21.8 Å². The predicted molar refractivity (Wildman–Crippen MR) is 91.6 cm³/mol. The van der Waals surface area contributed by atoms with Gasteiger partial charge in [0, 0.05) is 25.2 Å². The van der Waals surface area contributed by atoms with Crippen molar-refractivity contribution in [3.63, 3.8) is 0 Å². The molecule has 1 heterocycles. The summed E-state index contributed by atoms with van der Waals surface area (Å²) in [6, 6.07) is 5.09. The molecule has 1 atom stereocenters. The molecule has 1 aliphatic heterocycles. The monoisotopic (exact) mass is 369 g/mol. The van der Waals surface area contributed by atoms with E-state index in [-0.39, 0.29) is 29.5 Å². The molecule has 0 bridgehead atoms. The van der Waals surface area contributed by atoms with Crippen LogP contribution in [0.1, 0.15) is 24.2 Å². The van der Waals surface area contributed by atoms with Crippen LogP contribution in [-0.2, 0) is 19.6 Å². The van der Waals surface area contributed by atoms with Gasteiger partial charge in [-0.2, -0.15) is 4.31 Å². The van der Waals surface area contributed by atoms with Crippen LogP contribution < -0.4 is 10.6 Å². The number of morpholine rings is 1. The van der Waals surface area contributed by atoms with Crippen molar-refractivity contribution < 1.29 is 22.7 Å². The van der Waals surface area contributed by atoms with E-state index in [4.69, 9.17) is 4.74 Å². The molecule has 0 spiro atoms. The minimum atomic E-state index is -3.68. The molecule has 8 nitrogen and oxygen atoms in total. The smallest absolute Gasteiger partial charge is 0.251 e. The summed E-state index contributed by atoms with van der Waals surface area (Å²) in [5.74, 6) is -0.800. The van der Waals surface area contributed by atoms with Crippen LogP contribution in [0.15, 0.2) is 29.2 Å². The second-order valence-electron chi connectivity index (χ2n) is 5.63. The van der Waals surface area contributed by atoms with Crippen LogP contribution >= 0.6 is 0 Å². The quantitative estimate of drug-likeness (QED) is 0.732. The number of amides is 2. The van der Waals surface area contributed by atoms with Gasteiger partial charge in [0.15, 0.2) is 0 Å². The van der Waals surface area contributed by atoms with E-state index in [1.165, 1.54) is 28.6 Å². The normalized spacial score (nSPS) is 16.9. The fraction of sp³-hybridized carbons (Fsp3) is 0.500. The summed E-state index contributed by atoms with van der Waals surface area (Å²) < 4.78 is 31.8. The third-order valence-corrected chi connectivity index (χ3v) is 5.69. The maximum absolute atomic E-state index is 12.7. The van der Waals surface area contributed by atoms with Crippen molar-refractivity contribution in [1.82, 2.24) is 14.9 Å². The molecule has 1 fully saturated rings. The first kappa shape index (κ1) is 19.4. The second kappa shape index (κ2) is 8.41. The molecule has 1 saturated heterocycles. The Hall–Kier alpha value is -1.97. The largest absolute Gasteiger partial charge is 0.379 e. The lowest BCUT2D eigenvalue weighted by atomic mass is 10.2. The lowest BCUT2D eigenvalue weighted by molar-refractivity contribution is -0.122. The highest BCUT2D eigenvalue weighted by Crippen LogP contribution is 2.18. The third-order valence-electron chi connectivity index (χ3n) is 3.80. The van der Waals surface area contributed by atoms with Crippen molar-refractivity contribution in [1.29, 1.82) is 0 Å². The van der Waals surface area contributed by atoms with Crippen LogP contribution in [0.3, 0.4) is 0 Å². The lowest BCUT2D eigenvalue weighted by Crippen LogP contribution is -2.44. The molecule has 138 valence electrons. The fourth-order valence-electron chi connectivity index (χ4n) is 2.41. The van der Waals surface area contributed by atoms with Gasteiger partial charge >= 0.3 is 0 Å². The van der Waals surface area contributed by atoms with Gasteiger partial charge in [0.2, 0.25) is 15.9 Å². The predicted octanol–water partition coefficient (Wildman–Crippen LogP) is -0.0381. The molecule has 25 heavy (non-hydrogen) atoms. The van der Waals surface area contributed by atoms with Crippen LogP contribution in [0, 0.1) is 0 Å². The zero-order valence-corrected chi connectivity index (χ0v) is 15.1. The molecule has 2 amide bonds. The van der Waals surface area contributed by atoms with Gasteiger partial charge in [-0.1, -0.05) is 6.07 Å². The molecular formula is C16H23N3O5S. The Kier molecular flexibility index (Phi) is 6.51. The van der Waals surface area contributed by atoms with Crippen LogP contribution in [0.25, 0.3) is 0 Å². The summed E-state index contributed by atoms with van der Waals surface area (Å²) in [6.45, 7) is 5.09. The number of nitrogens with one attached hydrogen (secondary N) is 2. The van der Waals surface area contributed by atoms with Crippen molar-refractivity contribution in [2.45, 2.75) is 24.8 Å². The number of likely N-dealkylation sites (N-methyl/N-ethyl adjacent to an activating group) is 1. The fourth-order valence-corrected chi connectivity index (χ4v) is 3.86. The average molecular weight is 369 g/mol. The summed E-state index contributed by atoms with van der Waals surface area (Å²) in [5, 5.41) is 5.17. The maximum Gasteiger partial charge on any atom is 0.251 e. The highest BCUT2D eigenvalue weighted by atomic mass is 32.2. The van der Waals surface area contributed by atoms with Gasteiger partial charge in [-0.15, -0.1) is 0 Å². The number of hydrogen-bond acceptors (Lipinski definition) is 5. The van der Waals surface area contributed by atoms with E-state index in [0.717, 1.165) is 0 Å². The number of carbonyl (C=O) groups is 2. The van der Waals surface area contributed by atoms with Crippen molar-refractivity contribution in [2.24, 2.45) is 0 Å². The summed E-state index contributed by atoms with van der Waals surface area (Å²) in [6.07, 6.45) is 0. The first-order chi connectivity index (χ1) is 11.9. The molecule has 1 aliphatic rings. The maximum atomic E-state index is 12.7. The van der Waals surface area contributed by atoms with E-state index in [0.29, 0.717) is 19.8 Å². The van der Waals surface area contributed by atoms with Gasteiger partial charge < -0.3 is 15.4 Å². The van der Waals surface area contributed by atoms with E-state index >= 15 is 0 Å². The Balaban J connectivity index is 2.15. The minimum Gasteiger partial charge on any atom is -0.379 e. The number of hydrogen-bond donors (Lipinski definition) is 2. The lowest BCUT2D eigenvalue weighted by Gasteiger charge is -2.26. The van der Waals surface area contributed by atoms with Crippen molar-refractivity contribution in [2.75, 3.05) is 32.8 Å². The molecular weight excluding hydrogens is 346 g/mol. The van der Waals surface area contributed by atoms with Crippen molar-refractivity contribution in [3.05, 3.63) is 29.8 Å². The van der Waals surface area contributed by atoms with Gasteiger partial charge in [-0.3, -0.25) is 9.59 Å². The molecule has 0 aliphatic carbocycles. The average Bonchev–Trinajstić information content (AvgIpc) is 2.62. The Morgan fingerprint density at radius 2 is 1.96 bits per heavy atom. The van der Waals surface area contributed by atoms with Gasteiger partial charge in [-0.05, 0) is 32.0 Å². The van der Waals surface area contributed by atoms with Crippen LogP contribution in [0.5, 0.6) is 0 Å². The number of carbonyl (C=O) groups excluding carboxylic acids is 2. The molecule has 0 saturated carbocycles. The summed E-state index contributed by atoms with van der Waals surface area (Å²) in [5.41, 5.74) is 0.186. The van der Waals surface area contributed by atoms with E-state index in [2.05, 4.69) is 10.6 Å². The van der Waals surface area contributed by atoms with Crippen LogP contribution in [0.2, 0.25) is 0 Å². The molecule has 2 rings (SSSR count). The molecule has 0 radical (unpaired) electrons. The number of nitrogens with zero attached hydrogens (tertiary/aromatic N) is 1. The Labute approximate surface area is 147 Å². The van der Waals surface area contributed by atoms with Crippen LogP contribution in [0.4, 0.5) is 0 Å². The molecule has 1 aromatic rings. The number of benzene rings is 1. The highest BCUT2D eigenvalue weighted by molar-refractivity contribution is 7.89. The SMILES string of the molecule is CCNC(=O)[C@H](C)NC(=O)c1cccc(S(=O)(=O)N2CCOCC2)c1. The standard InChI is InChI=1S/C16H23N3O5S/c1-3-17-15(20)12(2)18-16(21)13-5-4-6-14(11-13)25(22,23)19-7-9-24-10-8-19/h4-6,11-12H,3,7-10H2,1-2H3,(H,17,20)(H,18,21)/t12-/m0/s1. The van der Waals surface area contributed by atoms with Gasteiger partial charge in [0.05, 0.1) is 18.1 Å². The molecule has 2 N–H and O–H groups in total. The third kappa shape index (κ3) is 4.77. The van der Waals surface area contributed by atoms with Gasteiger partial charge in [-0.25, -0.2) is 8.42 Å². The van der Waals surface area contributed by atoms with E-state index < -0.39 is 22.0 Å². The Morgan fingerprint density at radius 1 is 1.28 bits per heavy atom. The van der Waals surface area contributed by atoms with E-state index in [9.17, 15) is 18.0 Å². The number of rotatable bonds is 6. The van der Waals surface area contributed by atoms with Crippen LogP contribution in [-0.4, -0.2) is 63.4 Å². The first-order valence-electron chi connectivity index (χ1n) is 8.12. The van der Waals surface area contributed by atoms with Gasteiger partial charge in [0.1, 0.15) is 6.04 Å². The van der Waals surface area contributed by atoms with E-state index in [1.807, 2.05) is 0 Å². The van der Waals surface area contributed by atoms with Gasteiger partial charge in [0.25, 0.3) is 5.91 Å². The zero-order chi connectivity index (χ0) is 18.4. The molecule has 9 heteroatoms. The number of ether oxygens (including phenoxy) is 1. The second-order valence-corrected chi connectivity index (χ2v) is 7.57. The first-order valence-corrected chi connectivity index (χ1v) is 9.56.